The maximum Gasteiger partial charge on any atom is 0.419 e. The summed E-state index contributed by atoms with van der Waals surface area (Å²) < 4.78 is 45.5. The molecule has 0 bridgehead atoms. The number of pyridine rings is 3. The van der Waals surface area contributed by atoms with Crippen molar-refractivity contribution < 1.29 is 17.9 Å². The molecule has 0 atom stereocenters. The molecule has 0 aromatic carbocycles. The Bertz CT molecular complexity index is 1220. The fraction of sp³-hybridized carbons (Fsp3) is 0.364. The SMILES string of the molecule is CC1=NN(C2CCOCC2)c2c(cnc3ccc(-c4cnc(N)c(C(F)(F)F)c4)nc23)C1. The van der Waals surface area contributed by atoms with Gasteiger partial charge in [0.15, 0.2) is 0 Å². The lowest BCUT2D eigenvalue weighted by Crippen LogP contribution is -2.39. The van der Waals surface area contributed by atoms with E-state index in [1.165, 1.54) is 6.20 Å². The molecule has 0 aliphatic carbocycles. The van der Waals surface area contributed by atoms with Crippen LogP contribution in [-0.2, 0) is 17.3 Å². The number of hydrogen-bond acceptors (Lipinski definition) is 7. The van der Waals surface area contributed by atoms with Crippen LogP contribution in [0.4, 0.5) is 24.7 Å². The van der Waals surface area contributed by atoms with Gasteiger partial charge >= 0.3 is 6.18 Å². The van der Waals surface area contributed by atoms with Crippen molar-refractivity contribution in [3.8, 4) is 11.3 Å². The molecule has 0 radical (unpaired) electrons. The van der Waals surface area contributed by atoms with E-state index in [1.54, 1.807) is 12.1 Å². The number of hydrazone groups is 1. The predicted molar refractivity (Wildman–Crippen MR) is 115 cm³/mol. The smallest absolute Gasteiger partial charge is 0.383 e. The fourth-order valence-electron chi connectivity index (χ4n) is 4.22. The Kier molecular flexibility index (Phi) is 4.96. The molecule has 3 aromatic rings. The molecule has 5 rings (SSSR count). The van der Waals surface area contributed by atoms with E-state index in [2.05, 4.69) is 9.97 Å². The molecule has 3 aromatic heterocycles. The van der Waals surface area contributed by atoms with Crippen molar-refractivity contribution in [2.45, 2.75) is 38.4 Å². The molecule has 166 valence electrons. The van der Waals surface area contributed by atoms with Crippen molar-refractivity contribution in [2.24, 2.45) is 5.10 Å². The third kappa shape index (κ3) is 3.64. The van der Waals surface area contributed by atoms with Crippen LogP contribution in [0, 0.1) is 0 Å². The van der Waals surface area contributed by atoms with Gasteiger partial charge in [-0.15, -0.1) is 0 Å². The maximum atomic E-state index is 13.3. The van der Waals surface area contributed by atoms with Crippen LogP contribution in [0.3, 0.4) is 0 Å². The molecule has 2 aliphatic heterocycles. The molecule has 32 heavy (non-hydrogen) atoms. The number of alkyl halides is 3. The van der Waals surface area contributed by atoms with E-state index in [9.17, 15) is 13.2 Å². The van der Waals surface area contributed by atoms with E-state index in [1.807, 2.05) is 18.1 Å². The molecule has 5 heterocycles. The van der Waals surface area contributed by atoms with Crippen LogP contribution >= 0.6 is 0 Å². The maximum absolute atomic E-state index is 13.3. The molecule has 0 saturated carbocycles. The van der Waals surface area contributed by atoms with Gasteiger partial charge in [-0.05, 0) is 38.0 Å². The lowest BCUT2D eigenvalue weighted by Gasteiger charge is -2.36. The van der Waals surface area contributed by atoms with Gasteiger partial charge in [0.25, 0.3) is 0 Å². The number of fused-ring (bicyclic) bond motifs is 3. The Hall–Kier alpha value is -3.27. The van der Waals surface area contributed by atoms with Gasteiger partial charge in [-0.1, -0.05) is 0 Å². The van der Waals surface area contributed by atoms with Gasteiger partial charge in [0.2, 0.25) is 0 Å². The molecule has 10 heteroatoms. The topological polar surface area (TPSA) is 89.5 Å². The van der Waals surface area contributed by atoms with Gasteiger partial charge in [0.1, 0.15) is 11.3 Å². The molecule has 0 spiro atoms. The van der Waals surface area contributed by atoms with E-state index in [4.69, 9.17) is 20.6 Å². The van der Waals surface area contributed by atoms with Crippen molar-refractivity contribution in [3.05, 3.63) is 41.7 Å². The van der Waals surface area contributed by atoms with Crippen LogP contribution in [-0.4, -0.2) is 39.9 Å². The first kappa shape index (κ1) is 20.6. The molecular weight excluding hydrogens is 421 g/mol. The molecule has 0 unspecified atom stereocenters. The van der Waals surface area contributed by atoms with Gasteiger partial charge in [0.05, 0.1) is 28.5 Å². The molecule has 0 amide bonds. The Labute approximate surface area is 182 Å². The predicted octanol–water partition coefficient (Wildman–Crippen LogP) is 4.21. The fourth-order valence-corrected chi connectivity index (χ4v) is 4.22. The monoisotopic (exact) mass is 442 g/mol. The summed E-state index contributed by atoms with van der Waals surface area (Å²) in [5.41, 5.74) is 9.15. The van der Waals surface area contributed by atoms with Crippen molar-refractivity contribution in [1.29, 1.82) is 0 Å². The van der Waals surface area contributed by atoms with Crippen molar-refractivity contribution in [3.63, 3.8) is 0 Å². The number of hydrogen-bond donors (Lipinski definition) is 1. The number of rotatable bonds is 2. The summed E-state index contributed by atoms with van der Waals surface area (Å²) in [7, 11) is 0. The standard InChI is InChI=1S/C22H21F3N6O/c1-12-8-14-11-27-18-3-2-17(13-9-16(22(23,24)25)21(26)28-10-13)29-19(18)20(14)31(30-12)15-4-6-32-7-5-15/h2-3,9-11,15H,4-8H2,1H3,(H2,26,28). The van der Waals surface area contributed by atoms with Crippen LogP contribution in [0.1, 0.15) is 30.9 Å². The zero-order valence-corrected chi connectivity index (χ0v) is 17.4. The summed E-state index contributed by atoms with van der Waals surface area (Å²) in [5.74, 6) is -0.559. The molecule has 1 fully saturated rings. The summed E-state index contributed by atoms with van der Waals surface area (Å²) >= 11 is 0. The molecular formula is C22H21F3N6O. The second-order valence-corrected chi connectivity index (χ2v) is 8.05. The van der Waals surface area contributed by atoms with Crippen LogP contribution in [0.15, 0.2) is 35.7 Å². The van der Waals surface area contributed by atoms with E-state index in [0.717, 1.165) is 35.9 Å². The number of halogens is 3. The van der Waals surface area contributed by atoms with Crippen molar-refractivity contribution in [2.75, 3.05) is 24.0 Å². The van der Waals surface area contributed by atoms with Gasteiger partial charge in [0, 0.05) is 48.9 Å². The third-order valence-electron chi connectivity index (χ3n) is 5.77. The minimum atomic E-state index is -4.60. The highest BCUT2D eigenvalue weighted by Crippen LogP contribution is 2.38. The Morgan fingerprint density at radius 2 is 1.91 bits per heavy atom. The van der Waals surface area contributed by atoms with Crippen LogP contribution < -0.4 is 10.7 Å². The number of ether oxygens (including phenoxy) is 1. The van der Waals surface area contributed by atoms with Crippen LogP contribution in [0.2, 0.25) is 0 Å². The highest BCUT2D eigenvalue weighted by molar-refractivity contribution is 5.97. The van der Waals surface area contributed by atoms with Gasteiger partial charge in [-0.3, -0.25) is 9.99 Å². The van der Waals surface area contributed by atoms with Gasteiger partial charge < -0.3 is 10.5 Å². The zero-order chi connectivity index (χ0) is 22.5. The highest BCUT2D eigenvalue weighted by Gasteiger charge is 2.34. The minimum absolute atomic E-state index is 0.156. The summed E-state index contributed by atoms with van der Waals surface area (Å²) in [6, 6.07) is 4.54. The zero-order valence-electron chi connectivity index (χ0n) is 17.4. The summed E-state index contributed by atoms with van der Waals surface area (Å²) in [4.78, 5) is 13.0. The number of anilines is 2. The number of nitrogens with two attached hydrogens (primary N) is 1. The lowest BCUT2D eigenvalue weighted by atomic mass is 10.0. The van der Waals surface area contributed by atoms with E-state index >= 15 is 0 Å². The third-order valence-corrected chi connectivity index (χ3v) is 5.77. The first-order valence-electron chi connectivity index (χ1n) is 10.3. The number of nitrogen functional groups attached to an aromatic ring is 1. The van der Waals surface area contributed by atoms with E-state index < -0.39 is 17.6 Å². The summed E-state index contributed by atoms with van der Waals surface area (Å²) in [6.45, 7) is 3.29. The normalized spacial score (nSPS) is 17.4. The van der Waals surface area contributed by atoms with E-state index in [0.29, 0.717) is 36.4 Å². The van der Waals surface area contributed by atoms with Gasteiger partial charge in [-0.2, -0.15) is 18.3 Å². The Morgan fingerprint density at radius 1 is 1.12 bits per heavy atom. The second-order valence-electron chi connectivity index (χ2n) is 8.05. The minimum Gasteiger partial charge on any atom is -0.383 e. The number of aromatic nitrogens is 3. The molecule has 2 N–H and O–H groups in total. The van der Waals surface area contributed by atoms with Gasteiger partial charge in [-0.25, -0.2) is 9.97 Å². The lowest BCUT2D eigenvalue weighted by molar-refractivity contribution is -0.137. The average Bonchev–Trinajstić information content (AvgIpc) is 2.78. The summed E-state index contributed by atoms with van der Waals surface area (Å²) in [5, 5.41) is 6.81. The Morgan fingerprint density at radius 3 is 2.66 bits per heavy atom. The molecule has 1 saturated heterocycles. The quantitative estimate of drug-likeness (QED) is 0.640. The molecule has 7 nitrogen and oxygen atoms in total. The van der Waals surface area contributed by atoms with Crippen LogP contribution in [0.25, 0.3) is 22.3 Å². The van der Waals surface area contributed by atoms with E-state index in [-0.39, 0.29) is 11.6 Å². The first-order valence-corrected chi connectivity index (χ1v) is 10.3. The largest absolute Gasteiger partial charge is 0.419 e. The molecule has 2 aliphatic rings. The first-order chi connectivity index (χ1) is 15.3. The Balaban J connectivity index is 1.66. The average molecular weight is 442 g/mol. The summed E-state index contributed by atoms with van der Waals surface area (Å²) in [6.07, 6.45) is 0.839. The van der Waals surface area contributed by atoms with Crippen molar-refractivity contribution in [1.82, 2.24) is 15.0 Å². The van der Waals surface area contributed by atoms with Crippen LogP contribution in [0.5, 0.6) is 0 Å². The van der Waals surface area contributed by atoms with Crippen molar-refractivity contribution >= 4 is 28.3 Å². The second kappa shape index (κ2) is 7.70. The highest BCUT2D eigenvalue weighted by atomic mass is 19.4. The number of nitrogens with zero attached hydrogens (tertiary/aromatic N) is 5.